The molecule has 0 amide bonds. The molecule has 4 nitrogen and oxygen atoms in total. The van der Waals surface area contributed by atoms with Gasteiger partial charge in [-0.25, -0.2) is 0 Å². The molecule has 2 aromatic rings. The van der Waals surface area contributed by atoms with Crippen LogP contribution < -0.4 is 5.32 Å². The van der Waals surface area contributed by atoms with Crippen molar-refractivity contribution in [3.63, 3.8) is 0 Å². The maximum atomic E-state index is 12.7. The van der Waals surface area contributed by atoms with Crippen molar-refractivity contribution in [3.05, 3.63) is 53.3 Å². The van der Waals surface area contributed by atoms with Gasteiger partial charge in [-0.05, 0) is 37.5 Å². The number of halogens is 3. The maximum Gasteiger partial charge on any atom is 0.416 e. The molecule has 3 rings (SSSR count). The molecule has 0 aliphatic carbocycles. The smallest absolute Gasteiger partial charge is 0.385 e. The highest BCUT2D eigenvalue weighted by Gasteiger charge is 2.40. The van der Waals surface area contributed by atoms with E-state index in [0.29, 0.717) is 18.4 Å². The third-order valence-electron chi connectivity index (χ3n) is 4.34. The van der Waals surface area contributed by atoms with E-state index in [1.165, 1.54) is 12.1 Å². The second-order valence-electron chi connectivity index (χ2n) is 6.17. The number of aromatic nitrogens is 2. The van der Waals surface area contributed by atoms with Gasteiger partial charge >= 0.3 is 6.18 Å². The van der Waals surface area contributed by atoms with Crippen molar-refractivity contribution >= 4 is 0 Å². The summed E-state index contributed by atoms with van der Waals surface area (Å²) in [6.45, 7) is 1.95. The highest BCUT2D eigenvalue weighted by molar-refractivity contribution is 5.30. The van der Waals surface area contributed by atoms with Crippen molar-refractivity contribution in [3.8, 4) is 0 Å². The van der Waals surface area contributed by atoms with Crippen LogP contribution in [0.4, 0.5) is 13.2 Å². The number of aliphatic hydroxyl groups is 1. The predicted molar refractivity (Wildman–Crippen MR) is 78.5 cm³/mol. The first kappa shape index (κ1) is 16.0. The SMILES string of the molecule is CC1CC(O)(c2ccc(C(F)(F)F)cc2)CC(c2cn[nH]c2)N1. The van der Waals surface area contributed by atoms with Gasteiger partial charge in [0.2, 0.25) is 0 Å². The number of alkyl halides is 3. The largest absolute Gasteiger partial charge is 0.416 e. The molecular formula is C16H18F3N3O. The highest BCUT2D eigenvalue weighted by Crippen LogP contribution is 2.40. The van der Waals surface area contributed by atoms with Crippen LogP contribution in [0.2, 0.25) is 0 Å². The minimum absolute atomic E-state index is 0.0240. The van der Waals surface area contributed by atoms with Crippen molar-refractivity contribution in [1.29, 1.82) is 0 Å². The zero-order chi connectivity index (χ0) is 16.7. The number of nitrogens with one attached hydrogen (secondary N) is 2. The summed E-state index contributed by atoms with van der Waals surface area (Å²) in [5, 5.41) is 21.0. The van der Waals surface area contributed by atoms with Crippen LogP contribution in [-0.4, -0.2) is 21.3 Å². The molecule has 1 aliphatic heterocycles. The minimum Gasteiger partial charge on any atom is -0.385 e. The first-order valence-electron chi connectivity index (χ1n) is 7.43. The summed E-state index contributed by atoms with van der Waals surface area (Å²) in [6.07, 6.45) is -0.122. The fraction of sp³-hybridized carbons (Fsp3) is 0.438. The number of benzene rings is 1. The van der Waals surface area contributed by atoms with Crippen molar-refractivity contribution in [1.82, 2.24) is 15.5 Å². The van der Waals surface area contributed by atoms with Gasteiger partial charge in [0.1, 0.15) is 0 Å². The number of piperidine rings is 1. The minimum atomic E-state index is -4.37. The first-order chi connectivity index (χ1) is 10.8. The molecule has 1 fully saturated rings. The summed E-state index contributed by atoms with van der Waals surface area (Å²) in [6, 6.07) is 4.70. The van der Waals surface area contributed by atoms with E-state index in [1.54, 1.807) is 12.4 Å². The molecule has 3 atom stereocenters. The van der Waals surface area contributed by atoms with E-state index in [2.05, 4.69) is 15.5 Å². The van der Waals surface area contributed by atoms with Crippen LogP contribution in [0.15, 0.2) is 36.7 Å². The van der Waals surface area contributed by atoms with Crippen LogP contribution in [0.1, 0.15) is 42.5 Å². The Labute approximate surface area is 131 Å². The van der Waals surface area contributed by atoms with Gasteiger partial charge in [0.05, 0.1) is 17.4 Å². The Bertz CT molecular complexity index is 654. The Balaban J connectivity index is 1.87. The molecule has 3 unspecified atom stereocenters. The monoisotopic (exact) mass is 325 g/mol. The second kappa shape index (κ2) is 5.65. The van der Waals surface area contributed by atoms with Gasteiger partial charge in [0.25, 0.3) is 0 Å². The molecule has 1 aromatic carbocycles. The third kappa shape index (κ3) is 3.25. The zero-order valence-corrected chi connectivity index (χ0v) is 12.6. The summed E-state index contributed by atoms with van der Waals surface area (Å²) in [4.78, 5) is 0. The van der Waals surface area contributed by atoms with E-state index >= 15 is 0 Å². The molecule has 0 radical (unpaired) electrons. The molecule has 0 spiro atoms. The molecule has 1 aliphatic rings. The topological polar surface area (TPSA) is 60.9 Å². The standard InChI is InChI=1S/C16H18F3N3O/c1-10-6-15(23,7-14(22-10)11-8-20-21-9-11)12-2-4-13(5-3-12)16(17,18)19/h2-5,8-10,14,22-23H,6-7H2,1H3,(H,20,21). The fourth-order valence-corrected chi connectivity index (χ4v) is 3.26. The zero-order valence-electron chi connectivity index (χ0n) is 12.6. The summed E-state index contributed by atoms with van der Waals surface area (Å²) in [5.74, 6) is 0. The Kier molecular flexibility index (Phi) is 3.93. The number of hydrogen-bond acceptors (Lipinski definition) is 3. The van der Waals surface area contributed by atoms with Crippen LogP contribution in [0.3, 0.4) is 0 Å². The van der Waals surface area contributed by atoms with Gasteiger partial charge in [0, 0.05) is 23.8 Å². The normalized spacial score (nSPS) is 28.7. The van der Waals surface area contributed by atoms with Crippen LogP contribution in [0, 0.1) is 0 Å². The fourth-order valence-electron chi connectivity index (χ4n) is 3.26. The summed E-state index contributed by atoms with van der Waals surface area (Å²) in [5.41, 5.74) is -0.455. The van der Waals surface area contributed by atoms with Gasteiger partial charge in [0.15, 0.2) is 0 Å². The second-order valence-corrected chi connectivity index (χ2v) is 6.17. The average molecular weight is 325 g/mol. The van der Waals surface area contributed by atoms with Crippen molar-refractivity contribution < 1.29 is 18.3 Å². The Hall–Kier alpha value is -1.86. The van der Waals surface area contributed by atoms with Crippen LogP contribution in [-0.2, 0) is 11.8 Å². The van der Waals surface area contributed by atoms with E-state index in [4.69, 9.17) is 0 Å². The third-order valence-corrected chi connectivity index (χ3v) is 4.34. The van der Waals surface area contributed by atoms with E-state index < -0.39 is 17.3 Å². The number of nitrogens with zero attached hydrogens (tertiary/aromatic N) is 1. The van der Waals surface area contributed by atoms with Crippen LogP contribution >= 0.6 is 0 Å². The highest BCUT2D eigenvalue weighted by atomic mass is 19.4. The lowest BCUT2D eigenvalue weighted by atomic mass is 9.77. The lowest BCUT2D eigenvalue weighted by molar-refractivity contribution is -0.137. The van der Waals surface area contributed by atoms with Gasteiger partial charge in [-0.1, -0.05) is 12.1 Å². The molecule has 3 N–H and O–H groups in total. The van der Waals surface area contributed by atoms with E-state index in [-0.39, 0.29) is 12.1 Å². The Morgan fingerprint density at radius 3 is 2.48 bits per heavy atom. The molecule has 0 saturated carbocycles. The summed E-state index contributed by atoms with van der Waals surface area (Å²) >= 11 is 0. The lowest BCUT2D eigenvalue weighted by Crippen LogP contribution is -2.46. The van der Waals surface area contributed by atoms with Crippen molar-refractivity contribution in [2.24, 2.45) is 0 Å². The summed E-state index contributed by atoms with van der Waals surface area (Å²) < 4.78 is 38.1. The van der Waals surface area contributed by atoms with E-state index in [0.717, 1.165) is 17.7 Å². The van der Waals surface area contributed by atoms with E-state index in [1.807, 2.05) is 6.92 Å². The predicted octanol–water partition coefficient (Wildman–Crippen LogP) is 3.13. The number of aromatic amines is 1. The van der Waals surface area contributed by atoms with Gasteiger partial charge in [-0.3, -0.25) is 5.10 Å². The maximum absolute atomic E-state index is 12.7. The van der Waals surface area contributed by atoms with Gasteiger partial charge < -0.3 is 10.4 Å². The van der Waals surface area contributed by atoms with Crippen molar-refractivity contribution in [2.75, 3.05) is 0 Å². The molecule has 124 valence electrons. The molecule has 7 heteroatoms. The molecule has 23 heavy (non-hydrogen) atoms. The molecule has 1 saturated heterocycles. The van der Waals surface area contributed by atoms with Gasteiger partial charge in [-0.2, -0.15) is 18.3 Å². The van der Waals surface area contributed by atoms with Gasteiger partial charge in [-0.15, -0.1) is 0 Å². The quantitative estimate of drug-likeness (QED) is 0.795. The Morgan fingerprint density at radius 1 is 1.22 bits per heavy atom. The number of hydrogen-bond donors (Lipinski definition) is 3. The van der Waals surface area contributed by atoms with E-state index in [9.17, 15) is 18.3 Å². The molecular weight excluding hydrogens is 307 g/mol. The molecule has 0 bridgehead atoms. The van der Waals surface area contributed by atoms with Crippen LogP contribution in [0.5, 0.6) is 0 Å². The molecule has 2 heterocycles. The average Bonchev–Trinajstić information content (AvgIpc) is 3.00. The number of H-pyrrole nitrogens is 1. The first-order valence-corrected chi connectivity index (χ1v) is 7.43. The van der Waals surface area contributed by atoms with Crippen molar-refractivity contribution in [2.45, 2.75) is 43.6 Å². The lowest BCUT2D eigenvalue weighted by Gasteiger charge is -2.41. The number of rotatable bonds is 2. The van der Waals surface area contributed by atoms with Crippen LogP contribution in [0.25, 0.3) is 0 Å². The molecule has 1 aromatic heterocycles. The summed E-state index contributed by atoms with van der Waals surface area (Å²) in [7, 11) is 0. The Morgan fingerprint density at radius 2 is 1.91 bits per heavy atom.